The lowest BCUT2D eigenvalue weighted by Gasteiger charge is -2.07. The summed E-state index contributed by atoms with van der Waals surface area (Å²) in [6.45, 7) is 0.241. The van der Waals surface area contributed by atoms with Gasteiger partial charge in [-0.05, 0) is 18.2 Å². The lowest BCUT2D eigenvalue weighted by molar-refractivity contribution is 0.287. The number of ether oxygens (including phenoxy) is 3. The van der Waals surface area contributed by atoms with Crippen LogP contribution < -0.4 is 14.2 Å². The molecule has 0 bridgehead atoms. The third-order valence-corrected chi connectivity index (χ3v) is 2.19. The van der Waals surface area contributed by atoms with Gasteiger partial charge in [0.1, 0.15) is 12.4 Å². The van der Waals surface area contributed by atoms with E-state index >= 15 is 0 Å². The fourth-order valence-electron chi connectivity index (χ4n) is 1.34. The summed E-state index contributed by atoms with van der Waals surface area (Å²) in [5.41, 5.74) is 0. The third-order valence-electron chi connectivity index (χ3n) is 2.19. The molecule has 1 radical (unpaired) electrons. The van der Waals surface area contributed by atoms with E-state index in [1.54, 1.807) is 32.4 Å². The van der Waals surface area contributed by atoms with E-state index in [4.69, 9.17) is 14.2 Å². The van der Waals surface area contributed by atoms with Crippen molar-refractivity contribution in [1.29, 1.82) is 0 Å². The van der Waals surface area contributed by atoms with Gasteiger partial charge in [0.05, 0.1) is 20.3 Å². The van der Waals surface area contributed by atoms with Crippen LogP contribution in [0, 0.1) is 6.07 Å². The van der Waals surface area contributed by atoms with E-state index in [0.29, 0.717) is 23.3 Å². The molecule has 1 aromatic carbocycles. The predicted octanol–water partition coefficient (Wildman–Crippen LogP) is 1.87. The Kier molecular flexibility index (Phi) is 3.96. The van der Waals surface area contributed by atoms with E-state index in [9.17, 15) is 0 Å². The molecule has 2 aromatic rings. The van der Waals surface area contributed by atoms with E-state index in [1.165, 1.54) is 0 Å². The van der Waals surface area contributed by atoms with Gasteiger partial charge >= 0.3 is 0 Å². The highest BCUT2D eigenvalue weighted by Crippen LogP contribution is 2.16. The van der Waals surface area contributed by atoms with Crippen LogP contribution in [-0.2, 0) is 6.61 Å². The molecule has 0 aliphatic heterocycles. The maximum absolute atomic E-state index is 5.52. The summed E-state index contributed by atoms with van der Waals surface area (Å²) in [6, 6.07) is 11.8. The molecule has 93 valence electrons. The summed E-state index contributed by atoms with van der Waals surface area (Å²) in [5, 5.41) is 0. The predicted molar refractivity (Wildman–Crippen MR) is 64.7 cm³/mol. The maximum atomic E-state index is 5.52. The molecule has 0 atom stereocenters. The van der Waals surface area contributed by atoms with Crippen molar-refractivity contribution in [3.8, 4) is 17.5 Å². The molecule has 5 nitrogen and oxygen atoms in total. The monoisotopic (exact) mass is 245 g/mol. The standard InChI is InChI=1S/C13H13N2O3/c1-16-12-8-13(17-2)15-11(14-12)9-18-10-6-4-3-5-7-10/h3-4,6-8H,9H2,1-2H3. The number of aromatic nitrogens is 2. The van der Waals surface area contributed by atoms with Crippen molar-refractivity contribution in [2.24, 2.45) is 0 Å². The molecule has 0 aliphatic carbocycles. The molecule has 0 saturated heterocycles. The second-order valence-electron chi connectivity index (χ2n) is 3.40. The quantitative estimate of drug-likeness (QED) is 0.805. The van der Waals surface area contributed by atoms with Crippen molar-refractivity contribution in [1.82, 2.24) is 9.97 Å². The van der Waals surface area contributed by atoms with E-state index in [2.05, 4.69) is 16.0 Å². The second-order valence-corrected chi connectivity index (χ2v) is 3.40. The Morgan fingerprint density at radius 3 is 2.44 bits per heavy atom. The minimum absolute atomic E-state index is 0.241. The molecule has 0 saturated carbocycles. The second kappa shape index (κ2) is 5.86. The molecule has 5 heteroatoms. The molecule has 1 heterocycles. The van der Waals surface area contributed by atoms with Gasteiger partial charge in [0.25, 0.3) is 0 Å². The Labute approximate surface area is 105 Å². The van der Waals surface area contributed by atoms with Crippen LogP contribution in [0.1, 0.15) is 5.82 Å². The van der Waals surface area contributed by atoms with Crippen molar-refractivity contribution in [2.75, 3.05) is 14.2 Å². The fraction of sp³-hybridized carbons (Fsp3) is 0.231. The van der Waals surface area contributed by atoms with E-state index in [1.807, 2.05) is 12.1 Å². The van der Waals surface area contributed by atoms with Crippen molar-refractivity contribution in [3.05, 3.63) is 42.2 Å². The average molecular weight is 245 g/mol. The fourth-order valence-corrected chi connectivity index (χ4v) is 1.34. The number of rotatable bonds is 5. The smallest absolute Gasteiger partial charge is 0.220 e. The van der Waals surface area contributed by atoms with E-state index < -0.39 is 0 Å². The lowest BCUT2D eigenvalue weighted by atomic mass is 10.3. The van der Waals surface area contributed by atoms with Gasteiger partial charge in [0.15, 0.2) is 5.82 Å². The first-order valence-electron chi connectivity index (χ1n) is 5.36. The third kappa shape index (κ3) is 3.10. The highest BCUT2D eigenvalue weighted by Gasteiger charge is 2.06. The van der Waals surface area contributed by atoms with E-state index in [0.717, 1.165) is 0 Å². The SMILES string of the molecule is COc1cc(OC)nc(COc2c[c]ccc2)n1. The van der Waals surface area contributed by atoms with Gasteiger partial charge in [-0.15, -0.1) is 0 Å². The Bertz CT molecular complexity index is 481. The molecule has 0 amide bonds. The molecular weight excluding hydrogens is 232 g/mol. The Morgan fingerprint density at radius 1 is 1.17 bits per heavy atom. The molecule has 0 aliphatic rings. The number of benzene rings is 1. The van der Waals surface area contributed by atoms with Crippen LogP contribution in [0.3, 0.4) is 0 Å². The van der Waals surface area contributed by atoms with Crippen LogP contribution in [-0.4, -0.2) is 24.2 Å². The zero-order valence-corrected chi connectivity index (χ0v) is 10.2. The first-order valence-corrected chi connectivity index (χ1v) is 5.36. The summed E-state index contributed by atoms with van der Waals surface area (Å²) in [7, 11) is 3.08. The summed E-state index contributed by atoms with van der Waals surface area (Å²) < 4.78 is 15.6. The van der Waals surface area contributed by atoms with Crippen molar-refractivity contribution < 1.29 is 14.2 Å². The first kappa shape index (κ1) is 12.2. The van der Waals surface area contributed by atoms with Gasteiger partial charge in [0, 0.05) is 0 Å². The molecule has 0 N–H and O–H groups in total. The highest BCUT2D eigenvalue weighted by atomic mass is 16.5. The number of hydrogen-bond donors (Lipinski definition) is 0. The zero-order chi connectivity index (χ0) is 12.8. The summed E-state index contributed by atoms with van der Waals surface area (Å²) in [5.74, 6) is 2.10. The number of hydrogen-bond acceptors (Lipinski definition) is 5. The number of methoxy groups -OCH3 is 2. The molecule has 1 aromatic heterocycles. The molecule has 0 fully saturated rings. The normalized spacial score (nSPS) is 9.89. The van der Waals surface area contributed by atoms with Crippen LogP contribution in [0.5, 0.6) is 17.5 Å². The Morgan fingerprint density at radius 2 is 1.89 bits per heavy atom. The molecule has 18 heavy (non-hydrogen) atoms. The Balaban J connectivity index is 2.09. The summed E-state index contributed by atoms with van der Waals surface area (Å²) in [6.07, 6.45) is 0. The Hall–Kier alpha value is -2.30. The molecule has 2 rings (SSSR count). The topological polar surface area (TPSA) is 53.5 Å². The van der Waals surface area contributed by atoms with Gasteiger partial charge in [-0.25, -0.2) is 0 Å². The minimum atomic E-state index is 0.241. The van der Waals surface area contributed by atoms with Crippen molar-refractivity contribution in [3.63, 3.8) is 0 Å². The van der Waals surface area contributed by atoms with Crippen molar-refractivity contribution in [2.45, 2.75) is 6.61 Å². The zero-order valence-electron chi connectivity index (χ0n) is 10.2. The highest BCUT2D eigenvalue weighted by molar-refractivity contribution is 5.22. The average Bonchev–Trinajstić information content (AvgIpc) is 2.45. The first-order chi connectivity index (χ1) is 8.81. The van der Waals surface area contributed by atoms with Crippen LogP contribution in [0.15, 0.2) is 30.3 Å². The van der Waals surface area contributed by atoms with Gasteiger partial charge < -0.3 is 14.2 Å². The van der Waals surface area contributed by atoms with E-state index in [-0.39, 0.29) is 6.61 Å². The largest absolute Gasteiger partial charge is 0.486 e. The molecule has 0 spiro atoms. The van der Waals surface area contributed by atoms with Gasteiger partial charge in [-0.2, -0.15) is 9.97 Å². The van der Waals surface area contributed by atoms with Crippen molar-refractivity contribution >= 4 is 0 Å². The molecule has 0 unspecified atom stereocenters. The van der Waals surface area contributed by atoms with Crippen LogP contribution in [0.4, 0.5) is 0 Å². The van der Waals surface area contributed by atoms with Crippen LogP contribution in [0.2, 0.25) is 0 Å². The maximum Gasteiger partial charge on any atom is 0.220 e. The molecular formula is C13H13N2O3. The van der Waals surface area contributed by atoms with Gasteiger partial charge in [-0.3, -0.25) is 0 Å². The minimum Gasteiger partial charge on any atom is -0.486 e. The van der Waals surface area contributed by atoms with Gasteiger partial charge in [0.2, 0.25) is 11.8 Å². The van der Waals surface area contributed by atoms with Crippen LogP contribution >= 0.6 is 0 Å². The van der Waals surface area contributed by atoms with Crippen LogP contribution in [0.25, 0.3) is 0 Å². The summed E-state index contributed by atoms with van der Waals surface area (Å²) >= 11 is 0. The lowest BCUT2D eigenvalue weighted by Crippen LogP contribution is -2.04. The van der Waals surface area contributed by atoms with Gasteiger partial charge in [-0.1, -0.05) is 12.1 Å². The number of nitrogens with zero attached hydrogens (tertiary/aromatic N) is 2. The summed E-state index contributed by atoms with van der Waals surface area (Å²) in [4.78, 5) is 8.33.